The van der Waals surface area contributed by atoms with Crippen LogP contribution in [0.1, 0.15) is 102 Å². The smallest absolute Gasteiger partial charge is 0.273 e. The van der Waals surface area contributed by atoms with Gasteiger partial charge in [-0.05, 0) is 72.9 Å². The normalized spacial score (nSPS) is 17.7. The fraction of sp³-hybridized carbons (Fsp3) is 0.426. The molecule has 7 N–H and O–H groups in total. The standard InChI is InChI=1S/C54H62FN9O11S/c1-30-46(76-29-59-30)33-10-11-34(26-58-49(70)40-24-35(65)27-64(40)51(72)47(53(2,3)4)61-52(73)54(55)17-18-54)42(23-33)74-28-45(68)56-19-16-44(67)57-20-21-63(5)50(71)37-14-12-32(22-41(37)66)43-25-39(62-75-43)48(69)60-38-15-13-31-8-6-7-9-36(31)38/h6-12,14,22-23,25,29,35,38,40,47,65-66H,13,15-21,24,26-28H2,1-5H3,(H,56,68)(H,57,67)(H,58,70)(H,60,69)(H,61,73)/t35-,38-,40+,47-/m1/s1. The van der Waals surface area contributed by atoms with Crippen LogP contribution in [0.25, 0.3) is 21.8 Å². The Morgan fingerprint density at radius 2 is 1.72 bits per heavy atom. The molecule has 4 atom stereocenters. The molecule has 22 heteroatoms. The van der Waals surface area contributed by atoms with E-state index in [4.69, 9.17) is 9.26 Å². The number of β-amino-alcohol motifs (C(OH)–C–C–N with tert-alkyl or cyclic N) is 1. The second-order valence-electron chi connectivity index (χ2n) is 20.5. The second-order valence-corrected chi connectivity index (χ2v) is 21.3. The molecule has 2 fully saturated rings. The largest absolute Gasteiger partial charge is 0.507 e. The Morgan fingerprint density at radius 1 is 0.974 bits per heavy atom. The molecule has 402 valence electrons. The lowest BCUT2D eigenvalue weighted by molar-refractivity contribution is -0.145. The Kier molecular flexibility index (Phi) is 16.5. The topological polar surface area (TPSA) is 275 Å². The molecule has 1 aliphatic heterocycles. The molecule has 1 saturated heterocycles. The van der Waals surface area contributed by atoms with Crippen molar-refractivity contribution in [3.05, 3.63) is 106 Å². The number of benzene rings is 3. The number of aliphatic hydroxyl groups is 1. The van der Waals surface area contributed by atoms with Gasteiger partial charge < -0.3 is 55.9 Å². The highest BCUT2D eigenvalue weighted by atomic mass is 32.1. The number of hydrogen-bond acceptors (Lipinski definition) is 14. The van der Waals surface area contributed by atoms with Gasteiger partial charge in [0.15, 0.2) is 23.7 Å². The van der Waals surface area contributed by atoms with Crippen LogP contribution in [0, 0.1) is 12.3 Å². The number of nitrogens with zero attached hydrogens (tertiary/aromatic N) is 4. The first-order chi connectivity index (χ1) is 36.2. The molecule has 0 bridgehead atoms. The molecular formula is C54H62FN9O11S. The molecule has 2 aliphatic carbocycles. The summed E-state index contributed by atoms with van der Waals surface area (Å²) < 4.78 is 26.1. The fourth-order valence-electron chi connectivity index (χ4n) is 9.16. The quantitative estimate of drug-likeness (QED) is 0.0574. The molecule has 3 aromatic carbocycles. The third-order valence-electron chi connectivity index (χ3n) is 13.7. The number of aryl methyl sites for hydroxylation is 2. The summed E-state index contributed by atoms with van der Waals surface area (Å²) in [6, 6.07) is 16.6. The van der Waals surface area contributed by atoms with Crippen LogP contribution in [0.3, 0.4) is 0 Å². The molecule has 3 aliphatic rings. The minimum Gasteiger partial charge on any atom is -0.507 e. The van der Waals surface area contributed by atoms with E-state index < -0.39 is 77.2 Å². The van der Waals surface area contributed by atoms with Gasteiger partial charge in [-0.3, -0.25) is 33.6 Å². The van der Waals surface area contributed by atoms with E-state index in [2.05, 4.69) is 36.7 Å². The molecule has 0 spiro atoms. The Hall–Kier alpha value is -7.72. The van der Waals surface area contributed by atoms with Crippen molar-refractivity contribution in [2.45, 2.75) is 103 Å². The summed E-state index contributed by atoms with van der Waals surface area (Å²) in [5.74, 6) is -3.73. The molecule has 0 unspecified atom stereocenters. The highest BCUT2D eigenvalue weighted by Crippen LogP contribution is 2.41. The Morgan fingerprint density at radius 3 is 2.45 bits per heavy atom. The average molecular weight is 1060 g/mol. The number of rotatable bonds is 20. The zero-order chi connectivity index (χ0) is 54.5. The number of fused-ring (bicyclic) bond motifs is 1. The molecule has 8 rings (SSSR count). The van der Waals surface area contributed by atoms with Crippen LogP contribution in [-0.2, 0) is 36.9 Å². The van der Waals surface area contributed by atoms with Gasteiger partial charge in [0.25, 0.3) is 23.6 Å². The van der Waals surface area contributed by atoms with E-state index in [1.165, 1.54) is 51.9 Å². The van der Waals surface area contributed by atoms with Crippen molar-refractivity contribution in [1.82, 2.24) is 46.5 Å². The molecule has 7 amide bonds. The van der Waals surface area contributed by atoms with Crippen molar-refractivity contribution in [2.24, 2.45) is 5.41 Å². The SMILES string of the molecule is Cc1ncsc1-c1ccc(CNC(=O)[C@@H]2C[C@@H](O)CN2C(=O)[C@@H](NC(=O)C2(F)CC2)C(C)(C)C)c(OCC(=O)NCCC(=O)NCCN(C)C(=O)c2ccc(-c3cc(C(=O)N[C@@H]4CCc5ccccc54)no3)cc2O)c1. The monoisotopic (exact) mass is 1060 g/mol. The Balaban J connectivity index is 0.788. The number of alkyl halides is 1. The number of halogens is 1. The average Bonchev–Trinajstić information content (AvgIpc) is 3.86. The van der Waals surface area contributed by atoms with Crippen molar-refractivity contribution >= 4 is 52.7 Å². The summed E-state index contributed by atoms with van der Waals surface area (Å²) in [6.45, 7) is 6.45. The number of amides is 7. The summed E-state index contributed by atoms with van der Waals surface area (Å²) in [5.41, 5.74) is 3.60. The summed E-state index contributed by atoms with van der Waals surface area (Å²) in [7, 11) is 1.52. The molecule has 1 saturated carbocycles. The van der Waals surface area contributed by atoms with E-state index >= 15 is 0 Å². The van der Waals surface area contributed by atoms with Gasteiger partial charge in [-0.2, -0.15) is 0 Å². The summed E-state index contributed by atoms with van der Waals surface area (Å²) >= 11 is 1.41. The number of thiazole rings is 1. The first kappa shape index (κ1) is 54.5. The number of aromatic nitrogens is 2. The molecule has 2 aromatic heterocycles. The number of likely N-dealkylation sites (N-methyl/N-ethyl adjacent to an activating group) is 1. The molecule has 0 radical (unpaired) electrons. The van der Waals surface area contributed by atoms with E-state index in [1.54, 1.807) is 44.5 Å². The van der Waals surface area contributed by atoms with Gasteiger partial charge in [-0.1, -0.05) is 68.4 Å². The molecule has 3 heterocycles. The number of phenolic OH excluding ortho intramolecular Hbond substituents is 1. The number of carbonyl (C=O) groups is 7. The van der Waals surface area contributed by atoms with Crippen LogP contribution in [0.4, 0.5) is 4.39 Å². The number of ether oxygens (including phenoxy) is 1. The maximum absolute atomic E-state index is 14.7. The predicted octanol–water partition coefficient (Wildman–Crippen LogP) is 4.28. The van der Waals surface area contributed by atoms with E-state index in [0.29, 0.717) is 11.1 Å². The van der Waals surface area contributed by atoms with E-state index in [0.717, 1.165) is 34.5 Å². The maximum Gasteiger partial charge on any atom is 0.273 e. The van der Waals surface area contributed by atoms with E-state index in [1.807, 2.05) is 37.3 Å². The highest BCUT2D eigenvalue weighted by molar-refractivity contribution is 7.13. The van der Waals surface area contributed by atoms with Crippen molar-refractivity contribution in [2.75, 3.05) is 39.8 Å². The lowest BCUT2D eigenvalue weighted by Gasteiger charge is -2.35. The van der Waals surface area contributed by atoms with Crippen LogP contribution in [0.15, 0.2) is 76.8 Å². The summed E-state index contributed by atoms with van der Waals surface area (Å²) in [4.78, 5) is 100. The van der Waals surface area contributed by atoms with Crippen molar-refractivity contribution in [3.8, 4) is 33.3 Å². The van der Waals surface area contributed by atoms with Gasteiger partial charge in [0.1, 0.15) is 23.6 Å². The first-order valence-electron chi connectivity index (χ1n) is 25.1. The molecule has 76 heavy (non-hydrogen) atoms. The number of carbonyl (C=O) groups excluding carboxylic acids is 7. The van der Waals surface area contributed by atoms with Crippen molar-refractivity contribution in [1.29, 1.82) is 0 Å². The van der Waals surface area contributed by atoms with Crippen molar-refractivity contribution < 1.29 is 57.4 Å². The third-order valence-corrected chi connectivity index (χ3v) is 14.7. The highest BCUT2D eigenvalue weighted by Gasteiger charge is 2.53. The van der Waals surface area contributed by atoms with Crippen molar-refractivity contribution in [3.63, 3.8) is 0 Å². The van der Waals surface area contributed by atoms with Crippen LogP contribution in [-0.4, -0.2) is 135 Å². The predicted molar refractivity (Wildman–Crippen MR) is 276 cm³/mol. The second kappa shape index (κ2) is 23.0. The number of nitrogens with one attached hydrogen (secondary N) is 5. The van der Waals surface area contributed by atoms with E-state index in [-0.39, 0.29) is 93.0 Å². The maximum atomic E-state index is 14.7. The van der Waals surface area contributed by atoms with Gasteiger partial charge in [-0.25, -0.2) is 9.37 Å². The Bertz CT molecular complexity index is 3020. The summed E-state index contributed by atoms with van der Waals surface area (Å²) in [5, 5.41) is 39.1. The van der Waals surface area contributed by atoms with Crippen LogP contribution in [0.2, 0.25) is 0 Å². The number of likely N-dealkylation sites (tertiary alicyclic amines) is 1. The van der Waals surface area contributed by atoms with Crippen LogP contribution >= 0.6 is 11.3 Å². The molecule has 5 aromatic rings. The fourth-order valence-corrected chi connectivity index (χ4v) is 9.97. The van der Waals surface area contributed by atoms with Gasteiger partial charge >= 0.3 is 0 Å². The summed E-state index contributed by atoms with van der Waals surface area (Å²) in [6.07, 6.45) is 0.608. The lowest BCUT2D eigenvalue weighted by Crippen LogP contribution is -2.59. The van der Waals surface area contributed by atoms with Gasteiger partial charge in [0, 0.05) is 69.8 Å². The Labute approximate surface area is 442 Å². The van der Waals surface area contributed by atoms with E-state index in [9.17, 15) is 48.2 Å². The van der Waals surface area contributed by atoms with Gasteiger partial charge in [-0.15, -0.1) is 11.3 Å². The van der Waals surface area contributed by atoms with Gasteiger partial charge in [0.05, 0.1) is 33.8 Å². The third kappa shape index (κ3) is 12.8. The molecule has 20 nitrogen and oxygen atoms in total. The van der Waals surface area contributed by atoms with Crippen LogP contribution in [0.5, 0.6) is 11.5 Å². The first-order valence-corrected chi connectivity index (χ1v) is 26.0. The lowest BCUT2D eigenvalue weighted by atomic mass is 9.85. The zero-order valence-electron chi connectivity index (χ0n) is 42.9. The zero-order valence-corrected chi connectivity index (χ0v) is 43.7. The van der Waals surface area contributed by atoms with Crippen LogP contribution < -0.4 is 31.3 Å². The number of aliphatic hydroxyl groups excluding tert-OH is 1. The van der Waals surface area contributed by atoms with Gasteiger partial charge in [0.2, 0.25) is 17.7 Å². The molecular weight excluding hydrogens is 1000 g/mol. The number of phenols is 1. The number of aromatic hydroxyl groups is 1. The minimum absolute atomic E-state index is 0.00799. The minimum atomic E-state index is -2.02. The number of hydrogen-bond donors (Lipinski definition) is 7.